The van der Waals surface area contributed by atoms with Crippen molar-refractivity contribution in [1.29, 1.82) is 0 Å². The molecule has 0 spiro atoms. The zero-order chi connectivity index (χ0) is 12.9. The van der Waals surface area contributed by atoms with Gasteiger partial charge >= 0.3 is 0 Å². The Morgan fingerprint density at radius 3 is 2.53 bits per heavy atom. The first kappa shape index (κ1) is 15.0. The van der Waals surface area contributed by atoms with E-state index in [1.165, 1.54) is 32.4 Å². The van der Waals surface area contributed by atoms with E-state index in [1.54, 1.807) is 0 Å². The van der Waals surface area contributed by atoms with Crippen molar-refractivity contribution in [3.8, 4) is 0 Å². The number of nitrogens with one attached hydrogen (secondary N) is 1. The predicted molar refractivity (Wildman–Crippen MR) is 76.4 cm³/mol. The highest BCUT2D eigenvalue weighted by atomic mass is 15.2. The largest absolute Gasteiger partial charge is 0.316 e. The maximum absolute atomic E-state index is 3.55. The summed E-state index contributed by atoms with van der Waals surface area (Å²) in [6.07, 6.45) is 4.04. The van der Waals surface area contributed by atoms with E-state index < -0.39 is 0 Å². The lowest BCUT2D eigenvalue weighted by atomic mass is 9.83. The molecule has 1 unspecified atom stereocenters. The zero-order valence-corrected chi connectivity index (χ0v) is 12.6. The van der Waals surface area contributed by atoms with Crippen molar-refractivity contribution in [1.82, 2.24) is 10.2 Å². The molecule has 1 N–H and O–H groups in total. The van der Waals surface area contributed by atoms with E-state index >= 15 is 0 Å². The van der Waals surface area contributed by atoms with Gasteiger partial charge < -0.3 is 10.2 Å². The highest BCUT2D eigenvalue weighted by Gasteiger charge is 2.28. The van der Waals surface area contributed by atoms with Crippen LogP contribution in [0, 0.1) is 11.3 Å². The summed E-state index contributed by atoms with van der Waals surface area (Å²) in [6.45, 7) is 16.6. The molecule has 2 heteroatoms. The van der Waals surface area contributed by atoms with Crippen LogP contribution in [-0.4, -0.2) is 37.1 Å². The molecule has 1 aliphatic rings. The Morgan fingerprint density at radius 1 is 1.24 bits per heavy atom. The summed E-state index contributed by atoms with van der Waals surface area (Å²) in [4.78, 5) is 2.68. The van der Waals surface area contributed by atoms with Crippen LogP contribution in [0.25, 0.3) is 0 Å². The zero-order valence-electron chi connectivity index (χ0n) is 12.6. The lowest BCUT2D eigenvalue weighted by molar-refractivity contribution is 0.0812. The van der Waals surface area contributed by atoms with Gasteiger partial charge in [0.25, 0.3) is 0 Å². The van der Waals surface area contributed by atoms with E-state index in [0.717, 1.165) is 25.0 Å². The minimum Gasteiger partial charge on any atom is -0.316 e. The van der Waals surface area contributed by atoms with Gasteiger partial charge in [0.05, 0.1) is 0 Å². The molecule has 1 heterocycles. The van der Waals surface area contributed by atoms with Gasteiger partial charge in [-0.2, -0.15) is 0 Å². The maximum atomic E-state index is 3.55. The molecule has 17 heavy (non-hydrogen) atoms. The Bertz CT molecular complexity index is 211. The summed E-state index contributed by atoms with van der Waals surface area (Å²) in [5.41, 5.74) is 0.526. The minimum atomic E-state index is 0.526. The standard InChI is InChI=1S/C15H32N2/c1-13(2)11-16-9-7-14(3)17-10-6-8-15(4,5)12-17/h13-14,16H,6-12H2,1-5H3. The summed E-state index contributed by atoms with van der Waals surface area (Å²) < 4.78 is 0. The molecule has 0 amide bonds. The van der Waals surface area contributed by atoms with Crippen molar-refractivity contribution < 1.29 is 0 Å². The lowest BCUT2D eigenvalue weighted by Gasteiger charge is -2.41. The van der Waals surface area contributed by atoms with E-state index in [0.29, 0.717) is 5.41 Å². The molecule has 0 aromatic heterocycles. The maximum Gasteiger partial charge on any atom is 0.00792 e. The van der Waals surface area contributed by atoms with E-state index in [2.05, 4.69) is 44.8 Å². The van der Waals surface area contributed by atoms with Gasteiger partial charge in [0.1, 0.15) is 0 Å². The smallest absolute Gasteiger partial charge is 0.00792 e. The molecular weight excluding hydrogens is 208 g/mol. The second-order valence-corrected chi connectivity index (χ2v) is 6.97. The van der Waals surface area contributed by atoms with Crippen molar-refractivity contribution in [2.24, 2.45) is 11.3 Å². The lowest BCUT2D eigenvalue weighted by Crippen LogP contribution is -2.45. The van der Waals surface area contributed by atoms with Gasteiger partial charge in [0.2, 0.25) is 0 Å². The van der Waals surface area contributed by atoms with Crippen LogP contribution in [-0.2, 0) is 0 Å². The van der Waals surface area contributed by atoms with Crippen LogP contribution in [0.1, 0.15) is 53.9 Å². The van der Waals surface area contributed by atoms with E-state index in [9.17, 15) is 0 Å². The van der Waals surface area contributed by atoms with Gasteiger partial charge in [0.15, 0.2) is 0 Å². The van der Waals surface area contributed by atoms with Crippen molar-refractivity contribution in [2.75, 3.05) is 26.2 Å². The first-order chi connectivity index (χ1) is 7.91. The number of hydrogen-bond acceptors (Lipinski definition) is 2. The second-order valence-electron chi connectivity index (χ2n) is 6.97. The topological polar surface area (TPSA) is 15.3 Å². The molecule has 102 valence electrons. The van der Waals surface area contributed by atoms with Gasteiger partial charge in [-0.25, -0.2) is 0 Å². The number of rotatable bonds is 6. The monoisotopic (exact) mass is 240 g/mol. The third-order valence-electron chi connectivity index (χ3n) is 3.84. The molecule has 1 saturated heterocycles. The molecule has 1 atom stereocenters. The summed E-state index contributed by atoms with van der Waals surface area (Å²) in [7, 11) is 0. The number of hydrogen-bond donors (Lipinski definition) is 1. The Labute approximate surface area is 108 Å². The van der Waals surface area contributed by atoms with Crippen LogP contribution >= 0.6 is 0 Å². The first-order valence-corrected chi connectivity index (χ1v) is 7.35. The van der Waals surface area contributed by atoms with E-state index in [1.807, 2.05) is 0 Å². The second kappa shape index (κ2) is 6.75. The molecule has 1 fully saturated rings. The van der Waals surface area contributed by atoms with Gasteiger partial charge in [0, 0.05) is 12.6 Å². The average Bonchev–Trinajstić information content (AvgIpc) is 2.22. The fraction of sp³-hybridized carbons (Fsp3) is 1.00. The van der Waals surface area contributed by atoms with Crippen LogP contribution in [0.5, 0.6) is 0 Å². The highest BCUT2D eigenvalue weighted by molar-refractivity contribution is 4.82. The molecule has 0 aliphatic carbocycles. The Kier molecular flexibility index (Phi) is 5.94. The molecule has 2 nitrogen and oxygen atoms in total. The average molecular weight is 240 g/mol. The van der Waals surface area contributed by atoms with Crippen LogP contribution in [0.15, 0.2) is 0 Å². The number of piperidine rings is 1. The summed E-state index contributed by atoms with van der Waals surface area (Å²) in [5.74, 6) is 0.763. The van der Waals surface area contributed by atoms with Crippen LogP contribution < -0.4 is 5.32 Å². The molecule has 0 radical (unpaired) electrons. The quantitative estimate of drug-likeness (QED) is 0.718. The summed E-state index contributed by atoms with van der Waals surface area (Å²) in [5, 5.41) is 3.55. The third kappa shape index (κ3) is 5.87. The van der Waals surface area contributed by atoms with E-state index in [4.69, 9.17) is 0 Å². The molecule has 0 aromatic carbocycles. The number of likely N-dealkylation sites (tertiary alicyclic amines) is 1. The molecular formula is C15H32N2. The molecule has 1 rings (SSSR count). The third-order valence-corrected chi connectivity index (χ3v) is 3.84. The predicted octanol–water partition coefficient (Wildman–Crippen LogP) is 3.13. The van der Waals surface area contributed by atoms with Gasteiger partial charge in [-0.15, -0.1) is 0 Å². The van der Waals surface area contributed by atoms with Crippen molar-refractivity contribution in [3.63, 3.8) is 0 Å². The highest BCUT2D eigenvalue weighted by Crippen LogP contribution is 2.29. The van der Waals surface area contributed by atoms with Crippen molar-refractivity contribution in [3.05, 3.63) is 0 Å². The fourth-order valence-corrected chi connectivity index (χ4v) is 2.73. The van der Waals surface area contributed by atoms with Gasteiger partial charge in [-0.05, 0) is 57.2 Å². The molecule has 0 bridgehead atoms. The molecule has 1 aliphatic heterocycles. The van der Waals surface area contributed by atoms with Crippen molar-refractivity contribution in [2.45, 2.75) is 59.9 Å². The van der Waals surface area contributed by atoms with Crippen LogP contribution in [0.4, 0.5) is 0 Å². The SMILES string of the molecule is CC(C)CNCCC(C)N1CCCC(C)(C)C1. The minimum absolute atomic E-state index is 0.526. The van der Waals surface area contributed by atoms with Crippen LogP contribution in [0.2, 0.25) is 0 Å². The Balaban J connectivity index is 2.20. The Morgan fingerprint density at radius 2 is 1.94 bits per heavy atom. The number of nitrogens with zero attached hydrogens (tertiary/aromatic N) is 1. The normalized spacial score (nSPS) is 22.9. The summed E-state index contributed by atoms with van der Waals surface area (Å²) >= 11 is 0. The van der Waals surface area contributed by atoms with E-state index in [-0.39, 0.29) is 0 Å². The van der Waals surface area contributed by atoms with Gasteiger partial charge in [-0.1, -0.05) is 27.7 Å². The van der Waals surface area contributed by atoms with Gasteiger partial charge in [-0.3, -0.25) is 0 Å². The first-order valence-electron chi connectivity index (χ1n) is 7.35. The Hall–Kier alpha value is -0.0800. The fourth-order valence-electron chi connectivity index (χ4n) is 2.73. The summed E-state index contributed by atoms with van der Waals surface area (Å²) in [6, 6.07) is 0.731. The molecule has 0 saturated carbocycles. The van der Waals surface area contributed by atoms with Crippen molar-refractivity contribution >= 4 is 0 Å². The molecule has 0 aromatic rings. The van der Waals surface area contributed by atoms with Crippen LogP contribution in [0.3, 0.4) is 0 Å².